The maximum absolute atomic E-state index is 12.8. The maximum atomic E-state index is 12.8. The van der Waals surface area contributed by atoms with E-state index in [0.717, 1.165) is 0 Å². The van der Waals surface area contributed by atoms with Crippen molar-refractivity contribution in [3.8, 4) is 5.75 Å². The van der Waals surface area contributed by atoms with Gasteiger partial charge in [-0.05, 0) is 12.1 Å². The van der Waals surface area contributed by atoms with Gasteiger partial charge >= 0.3 is 0 Å². The third kappa shape index (κ3) is 3.66. The zero-order valence-electron chi connectivity index (χ0n) is 8.50. The molecule has 0 aliphatic rings. The zero-order chi connectivity index (χ0) is 11.3. The highest BCUT2D eigenvalue weighted by molar-refractivity contribution is 6.30. The number of hydrogen-bond acceptors (Lipinski definition) is 3. The lowest BCUT2D eigenvalue weighted by atomic mass is 10.3. The van der Waals surface area contributed by atoms with Gasteiger partial charge in [0.1, 0.15) is 18.2 Å². The summed E-state index contributed by atoms with van der Waals surface area (Å²) in [4.78, 5) is 0. The van der Waals surface area contributed by atoms with E-state index in [2.05, 4.69) is 0 Å². The van der Waals surface area contributed by atoms with E-state index in [-0.39, 0.29) is 11.6 Å². The molecule has 0 aromatic heterocycles. The molecule has 0 unspecified atom stereocenters. The first kappa shape index (κ1) is 12.2. The van der Waals surface area contributed by atoms with Crippen LogP contribution in [0.15, 0.2) is 18.2 Å². The summed E-state index contributed by atoms with van der Waals surface area (Å²) in [5, 5.41) is 0.0267. The van der Waals surface area contributed by atoms with Crippen molar-refractivity contribution in [3.05, 3.63) is 29.0 Å². The molecule has 0 radical (unpaired) electrons. The number of halogens is 2. The number of benzene rings is 1. The summed E-state index contributed by atoms with van der Waals surface area (Å²) in [6.45, 7) is 0.217. The van der Waals surface area contributed by atoms with Crippen molar-refractivity contribution < 1.29 is 18.6 Å². The molecule has 0 fully saturated rings. The highest BCUT2D eigenvalue weighted by Crippen LogP contribution is 2.21. The Morgan fingerprint density at radius 1 is 1.33 bits per heavy atom. The van der Waals surface area contributed by atoms with Crippen LogP contribution >= 0.6 is 11.6 Å². The van der Waals surface area contributed by atoms with Crippen LogP contribution in [-0.4, -0.2) is 27.1 Å². The highest BCUT2D eigenvalue weighted by atomic mass is 35.5. The van der Waals surface area contributed by atoms with E-state index < -0.39 is 12.1 Å². The fraction of sp³-hybridized carbons (Fsp3) is 0.400. The normalized spacial score (nSPS) is 10.7. The molecule has 0 aliphatic heterocycles. The number of rotatable bonds is 5. The fourth-order valence-electron chi connectivity index (χ4n) is 0.963. The van der Waals surface area contributed by atoms with E-state index in [4.69, 9.17) is 25.8 Å². The Kier molecular flexibility index (Phi) is 4.81. The van der Waals surface area contributed by atoms with Crippen molar-refractivity contribution in [3.63, 3.8) is 0 Å². The number of methoxy groups -OCH3 is 2. The SMILES string of the molecule is COC(COc1ccc(F)c(Cl)c1)OC. The molecule has 0 saturated heterocycles. The van der Waals surface area contributed by atoms with Crippen molar-refractivity contribution in [1.29, 1.82) is 0 Å². The molecule has 5 heteroatoms. The summed E-state index contributed by atoms with van der Waals surface area (Å²) < 4.78 is 27.9. The van der Waals surface area contributed by atoms with Gasteiger partial charge in [0, 0.05) is 20.3 Å². The largest absolute Gasteiger partial charge is 0.488 e. The first-order chi connectivity index (χ1) is 7.17. The molecule has 0 bridgehead atoms. The molecule has 84 valence electrons. The molecule has 0 amide bonds. The molecule has 1 rings (SSSR count). The second-order valence-corrected chi connectivity index (χ2v) is 3.20. The second-order valence-electron chi connectivity index (χ2n) is 2.79. The van der Waals surface area contributed by atoms with Gasteiger partial charge in [0.15, 0.2) is 6.29 Å². The molecule has 0 saturated carbocycles. The Balaban J connectivity index is 2.54. The monoisotopic (exact) mass is 234 g/mol. The average Bonchev–Trinajstić information content (AvgIpc) is 2.24. The molecule has 1 aromatic carbocycles. The van der Waals surface area contributed by atoms with Gasteiger partial charge in [-0.25, -0.2) is 4.39 Å². The Morgan fingerprint density at radius 2 is 2.00 bits per heavy atom. The van der Waals surface area contributed by atoms with Crippen molar-refractivity contribution >= 4 is 11.6 Å². The quantitative estimate of drug-likeness (QED) is 0.733. The third-order valence-electron chi connectivity index (χ3n) is 1.80. The standard InChI is InChI=1S/C10H12ClFO3/c1-13-10(14-2)6-15-7-3-4-9(12)8(11)5-7/h3-5,10H,6H2,1-2H3. The minimum atomic E-state index is -0.473. The molecule has 0 aliphatic carbocycles. The van der Waals surface area contributed by atoms with E-state index >= 15 is 0 Å². The summed E-state index contributed by atoms with van der Waals surface area (Å²) >= 11 is 5.58. The van der Waals surface area contributed by atoms with Crippen LogP contribution in [0.4, 0.5) is 4.39 Å². The smallest absolute Gasteiger partial charge is 0.191 e. The van der Waals surface area contributed by atoms with Gasteiger partial charge in [-0.3, -0.25) is 0 Å². The Labute approximate surface area is 92.7 Å². The van der Waals surface area contributed by atoms with Gasteiger partial charge in [-0.1, -0.05) is 11.6 Å². The molecular weight excluding hydrogens is 223 g/mol. The maximum Gasteiger partial charge on any atom is 0.191 e. The molecule has 3 nitrogen and oxygen atoms in total. The summed E-state index contributed by atoms with van der Waals surface area (Å²) in [6.07, 6.45) is -0.450. The van der Waals surface area contributed by atoms with Gasteiger partial charge in [0.2, 0.25) is 0 Å². The van der Waals surface area contributed by atoms with E-state index in [0.29, 0.717) is 5.75 Å². The van der Waals surface area contributed by atoms with Crippen molar-refractivity contribution in [2.24, 2.45) is 0 Å². The van der Waals surface area contributed by atoms with Crippen LogP contribution in [0.2, 0.25) is 5.02 Å². The van der Waals surface area contributed by atoms with Crippen LogP contribution in [-0.2, 0) is 9.47 Å². The molecule has 0 atom stereocenters. The zero-order valence-corrected chi connectivity index (χ0v) is 9.25. The van der Waals surface area contributed by atoms with Crippen LogP contribution in [0.3, 0.4) is 0 Å². The lowest BCUT2D eigenvalue weighted by molar-refractivity contribution is -0.121. The van der Waals surface area contributed by atoms with Crippen molar-refractivity contribution in [1.82, 2.24) is 0 Å². The lowest BCUT2D eigenvalue weighted by Crippen LogP contribution is -2.21. The Hall–Kier alpha value is -0.840. The second kappa shape index (κ2) is 5.90. The number of ether oxygens (including phenoxy) is 3. The van der Waals surface area contributed by atoms with E-state index in [1.807, 2.05) is 0 Å². The first-order valence-electron chi connectivity index (χ1n) is 4.30. The molecule has 0 spiro atoms. The molecule has 0 N–H and O–H groups in total. The van der Waals surface area contributed by atoms with Crippen LogP contribution in [0, 0.1) is 5.82 Å². The van der Waals surface area contributed by atoms with Gasteiger partial charge in [-0.15, -0.1) is 0 Å². The van der Waals surface area contributed by atoms with Crippen LogP contribution in [0.1, 0.15) is 0 Å². The topological polar surface area (TPSA) is 27.7 Å². The van der Waals surface area contributed by atoms with Gasteiger partial charge < -0.3 is 14.2 Å². The van der Waals surface area contributed by atoms with Crippen molar-refractivity contribution in [2.75, 3.05) is 20.8 Å². The average molecular weight is 235 g/mol. The minimum absolute atomic E-state index is 0.0267. The molecule has 1 aromatic rings. The predicted octanol–water partition coefficient (Wildman–Crippen LogP) is 2.48. The summed E-state index contributed by atoms with van der Waals surface area (Å²) in [7, 11) is 3.02. The predicted molar refractivity (Wildman–Crippen MR) is 54.7 cm³/mol. The number of hydrogen-bond donors (Lipinski definition) is 0. The van der Waals surface area contributed by atoms with Crippen LogP contribution in [0.5, 0.6) is 5.75 Å². The van der Waals surface area contributed by atoms with E-state index in [9.17, 15) is 4.39 Å². The van der Waals surface area contributed by atoms with Gasteiger partial charge in [0.05, 0.1) is 5.02 Å². The van der Waals surface area contributed by atoms with Crippen LogP contribution < -0.4 is 4.74 Å². The Bertz CT molecular complexity index is 316. The van der Waals surface area contributed by atoms with Crippen LogP contribution in [0.25, 0.3) is 0 Å². The third-order valence-corrected chi connectivity index (χ3v) is 2.09. The highest BCUT2D eigenvalue weighted by Gasteiger charge is 2.07. The summed E-state index contributed by atoms with van der Waals surface area (Å²) in [5.41, 5.74) is 0. The van der Waals surface area contributed by atoms with Crippen molar-refractivity contribution in [2.45, 2.75) is 6.29 Å². The minimum Gasteiger partial charge on any atom is -0.488 e. The lowest BCUT2D eigenvalue weighted by Gasteiger charge is -2.14. The molecule has 0 heterocycles. The van der Waals surface area contributed by atoms with E-state index in [1.54, 1.807) is 0 Å². The fourth-order valence-corrected chi connectivity index (χ4v) is 1.13. The molecule has 15 heavy (non-hydrogen) atoms. The van der Waals surface area contributed by atoms with E-state index in [1.165, 1.54) is 32.4 Å². The summed E-state index contributed by atoms with van der Waals surface area (Å²) in [6, 6.07) is 4.13. The molecular formula is C10H12ClFO3. The van der Waals surface area contributed by atoms with Gasteiger partial charge in [0.25, 0.3) is 0 Å². The van der Waals surface area contributed by atoms with Gasteiger partial charge in [-0.2, -0.15) is 0 Å². The Morgan fingerprint density at radius 3 is 2.53 bits per heavy atom. The summed E-state index contributed by atoms with van der Waals surface area (Å²) in [5.74, 6) is -0.000417. The first-order valence-corrected chi connectivity index (χ1v) is 4.68.